The van der Waals surface area contributed by atoms with Crippen LogP contribution in [-0.4, -0.2) is 29.3 Å². The van der Waals surface area contributed by atoms with Crippen LogP contribution >= 0.6 is 0 Å². The second-order valence-electron chi connectivity index (χ2n) is 9.27. The number of hydrogen-bond acceptors (Lipinski definition) is 3. The molecule has 2 aromatic rings. The topological polar surface area (TPSA) is 78.5 Å². The molecule has 1 aliphatic rings. The summed E-state index contributed by atoms with van der Waals surface area (Å²) >= 11 is 0. The zero-order chi connectivity index (χ0) is 22.8. The maximum absolute atomic E-state index is 13.1. The van der Waals surface area contributed by atoms with Gasteiger partial charge in [-0.3, -0.25) is 14.5 Å². The predicted octanol–water partition coefficient (Wildman–Crippen LogP) is 4.34. The van der Waals surface area contributed by atoms with E-state index in [0.29, 0.717) is 11.3 Å². The van der Waals surface area contributed by atoms with Crippen molar-refractivity contribution < 1.29 is 14.4 Å². The van der Waals surface area contributed by atoms with E-state index in [2.05, 4.69) is 38.3 Å². The van der Waals surface area contributed by atoms with Crippen LogP contribution in [0.1, 0.15) is 57.7 Å². The monoisotopic (exact) mass is 421 g/mol. The summed E-state index contributed by atoms with van der Waals surface area (Å²) in [6.45, 7) is 9.80. The normalized spacial score (nSPS) is 18.8. The molecule has 6 nitrogen and oxygen atoms in total. The molecule has 0 aliphatic carbocycles. The first kappa shape index (κ1) is 22.5. The van der Waals surface area contributed by atoms with Crippen molar-refractivity contribution in [3.63, 3.8) is 0 Å². The lowest BCUT2D eigenvalue weighted by Gasteiger charge is -2.22. The van der Waals surface area contributed by atoms with Crippen molar-refractivity contribution in [3.8, 4) is 0 Å². The van der Waals surface area contributed by atoms with Gasteiger partial charge in [-0.15, -0.1) is 0 Å². The van der Waals surface area contributed by atoms with Crippen LogP contribution in [0.3, 0.4) is 0 Å². The maximum atomic E-state index is 13.1. The van der Waals surface area contributed by atoms with Crippen molar-refractivity contribution in [2.45, 2.75) is 58.4 Å². The minimum absolute atomic E-state index is 0.0157. The Morgan fingerprint density at radius 3 is 2.19 bits per heavy atom. The second kappa shape index (κ2) is 8.53. The molecular formula is C25H31N3O3. The van der Waals surface area contributed by atoms with Gasteiger partial charge in [-0.2, -0.15) is 0 Å². The molecule has 164 valence electrons. The quantitative estimate of drug-likeness (QED) is 0.681. The molecule has 31 heavy (non-hydrogen) atoms. The first-order valence-electron chi connectivity index (χ1n) is 10.7. The van der Waals surface area contributed by atoms with Crippen molar-refractivity contribution >= 4 is 23.5 Å². The Bertz CT molecular complexity index is 975. The number of anilines is 1. The fourth-order valence-corrected chi connectivity index (χ4v) is 3.73. The molecule has 0 spiro atoms. The molecule has 1 atom stereocenters. The SMILES string of the molecule is CCCc1ccc([C@]2(C)NC(=O)N(CC(=O)Nc3ccc(C(C)(C)C)cc3)C2=O)cc1. The van der Waals surface area contributed by atoms with Crippen LogP contribution < -0.4 is 10.6 Å². The van der Waals surface area contributed by atoms with E-state index in [1.165, 1.54) is 5.56 Å². The van der Waals surface area contributed by atoms with Gasteiger partial charge in [-0.25, -0.2) is 4.79 Å². The minimum atomic E-state index is -1.18. The lowest BCUT2D eigenvalue weighted by molar-refractivity contribution is -0.133. The molecule has 0 unspecified atom stereocenters. The van der Waals surface area contributed by atoms with Crippen LogP contribution in [0.2, 0.25) is 0 Å². The van der Waals surface area contributed by atoms with E-state index in [9.17, 15) is 14.4 Å². The maximum Gasteiger partial charge on any atom is 0.325 e. The Morgan fingerprint density at radius 1 is 1.03 bits per heavy atom. The number of nitrogens with zero attached hydrogens (tertiary/aromatic N) is 1. The molecule has 0 radical (unpaired) electrons. The van der Waals surface area contributed by atoms with Gasteiger partial charge in [-0.1, -0.05) is 70.5 Å². The number of carbonyl (C=O) groups is 3. The number of hydrogen-bond donors (Lipinski definition) is 2. The molecule has 6 heteroatoms. The number of benzene rings is 2. The summed E-state index contributed by atoms with van der Waals surface area (Å²) in [6.07, 6.45) is 1.99. The fraction of sp³-hybridized carbons (Fsp3) is 0.400. The highest BCUT2D eigenvalue weighted by Crippen LogP contribution is 2.29. The Labute approximate surface area is 184 Å². The molecule has 1 saturated heterocycles. The highest BCUT2D eigenvalue weighted by atomic mass is 16.2. The van der Waals surface area contributed by atoms with E-state index in [4.69, 9.17) is 0 Å². The van der Waals surface area contributed by atoms with Crippen molar-refractivity contribution in [2.75, 3.05) is 11.9 Å². The van der Waals surface area contributed by atoms with Crippen molar-refractivity contribution in [1.82, 2.24) is 10.2 Å². The molecular weight excluding hydrogens is 390 g/mol. The zero-order valence-corrected chi connectivity index (χ0v) is 18.9. The van der Waals surface area contributed by atoms with Gasteiger partial charge in [0.2, 0.25) is 5.91 Å². The van der Waals surface area contributed by atoms with E-state index >= 15 is 0 Å². The highest BCUT2D eigenvalue weighted by Gasteiger charge is 2.49. The van der Waals surface area contributed by atoms with Gasteiger partial charge >= 0.3 is 6.03 Å². The van der Waals surface area contributed by atoms with Crippen molar-refractivity contribution in [1.29, 1.82) is 0 Å². The molecule has 2 aromatic carbocycles. The number of carbonyl (C=O) groups excluding carboxylic acids is 3. The Morgan fingerprint density at radius 2 is 1.65 bits per heavy atom. The van der Waals surface area contributed by atoms with Crippen LogP contribution in [0.4, 0.5) is 10.5 Å². The molecule has 4 amide bonds. The lowest BCUT2D eigenvalue weighted by atomic mass is 9.87. The number of nitrogens with one attached hydrogen (secondary N) is 2. The summed E-state index contributed by atoms with van der Waals surface area (Å²) in [4.78, 5) is 39.0. The van der Waals surface area contributed by atoms with Gasteiger partial charge in [0.15, 0.2) is 0 Å². The van der Waals surface area contributed by atoms with Crippen LogP contribution in [-0.2, 0) is 27.0 Å². The molecule has 0 saturated carbocycles. The number of rotatable bonds is 6. The third-order valence-corrected chi connectivity index (χ3v) is 5.68. The average molecular weight is 422 g/mol. The third kappa shape index (κ3) is 4.79. The van der Waals surface area contributed by atoms with Gasteiger partial charge in [0, 0.05) is 5.69 Å². The number of aryl methyl sites for hydroxylation is 1. The summed E-state index contributed by atoms with van der Waals surface area (Å²) in [5, 5.41) is 5.51. The van der Waals surface area contributed by atoms with E-state index < -0.39 is 23.4 Å². The van der Waals surface area contributed by atoms with E-state index in [1.807, 2.05) is 48.5 Å². The van der Waals surface area contributed by atoms with Gasteiger partial charge in [0.1, 0.15) is 12.1 Å². The molecule has 3 rings (SSSR count). The van der Waals surface area contributed by atoms with Gasteiger partial charge < -0.3 is 10.6 Å². The predicted molar refractivity (Wildman–Crippen MR) is 122 cm³/mol. The molecule has 0 bridgehead atoms. The number of urea groups is 1. The molecule has 2 N–H and O–H groups in total. The van der Waals surface area contributed by atoms with Gasteiger partial charge in [0.25, 0.3) is 5.91 Å². The van der Waals surface area contributed by atoms with Crippen LogP contribution in [0, 0.1) is 0 Å². The Balaban J connectivity index is 1.68. The lowest BCUT2D eigenvalue weighted by Crippen LogP contribution is -2.42. The molecule has 1 aliphatic heterocycles. The summed E-state index contributed by atoms with van der Waals surface area (Å²) in [6, 6.07) is 14.7. The fourth-order valence-electron chi connectivity index (χ4n) is 3.73. The summed E-state index contributed by atoms with van der Waals surface area (Å²) in [5.74, 6) is -0.853. The Hall–Kier alpha value is -3.15. The minimum Gasteiger partial charge on any atom is -0.325 e. The first-order chi connectivity index (χ1) is 14.5. The number of amides is 4. The van der Waals surface area contributed by atoms with Crippen molar-refractivity contribution in [2.24, 2.45) is 0 Å². The van der Waals surface area contributed by atoms with E-state index in [-0.39, 0.29) is 12.0 Å². The summed E-state index contributed by atoms with van der Waals surface area (Å²) in [5.41, 5.74) is 2.49. The van der Waals surface area contributed by atoms with E-state index in [1.54, 1.807) is 6.92 Å². The largest absolute Gasteiger partial charge is 0.325 e. The van der Waals surface area contributed by atoms with Crippen molar-refractivity contribution in [3.05, 3.63) is 65.2 Å². The second-order valence-corrected chi connectivity index (χ2v) is 9.27. The first-order valence-corrected chi connectivity index (χ1v) is 10.7. The molecule has 1 fully saturated rings. The van der Waals surface area contributed by atoms with Crippen LogP contribution in [0.5, 0.6) is 0 Å². The zero-order valence-electron chi connectivity index (χ0n) is 18.9. The highest BCUT2D eigenvalue weighted by molar-refractivity contribution is 6.10. The summed E-state index contributed by atoms with van der Waals surface area (Å²) in [7, 11) is 0. The molecule has 1 heterocycles. The molecule has 0 aromatic heterocycles. The Kier molecular flexibility index (Phi) is 6.20. The van der Waals surface area contributed by atoms with Gasteiger partial charge in [-0.05, 0) is 47.6 Å². The van der Waals surface area contributed by atoms with E-state index in [0.717, 1.165) is 23.3 Å². The smallest absolute Gasteiger partial charge is 0.325 e. The van der Waals surface area contributed by atoms with Crippen LogP contribution in [0.15, 0.2) is 48.5 Å². The van der Waals surface area contributed by atoms with Gasteiger partial charge in [0.05, 0.1) is 0 Å². The summed E-state index contributed by atoms with van der Waals surface area (Å²) < 4.78 is 0. The number of imide groups is 1. The average Bonchev–Trinajstić information content (AvgIpc) is 2.92. The van der Waals surface area contributed by atoms with Crippen LogP contribution in [0.25, 0.3) is 0 Å². The standard InChI is InChI=1S/C25H31N3O3/c1-6-7-17-8-10-19(11-9-17)25(5)22(30)28(23(31)27-25)16-21(29)26-20-14-12-18(13-15-20)24(2,3)4/h8-15H,6-7,16H2,1-5H3,(H,26,29)(H,27,31)/t25-/m0/s1. The third-order valence-electron chi connectivity index (χ3n) is 5.68.